The van der Waals surface area contributed by atoms with Gasteiger partial charge in [0.25, 0.3) is 8.32 Å². The second-order valence-electron chi connectivity index (χ2n) is 11.6. The molecule has 0 amide bonds. The van der Waals surface area contributed by atoms with Crippen LogP contribution in [-0.2, 0) is 26.8 Å². The molecule has 2 bridgehead atoms. The molecular weight excluding hydrogens is 476 g/mol. The van der Waals surface area contributed by atoms with Gasteiger partial charge >= 0.3 is 5.97 Å². The highest BCUT2D eigenvalue weighted by atomic mass is 28.4. The van der Waals surface area contributed by atoms with E-state index in [0.717, 1.165) is 25.7 Å². The van der Waals surface area contributed by atoms with Gasteiger partial charge in [-0.1, -0.05) is 106 Å². The molecule has 0 unspecified atom stereocenters. The zero-order valence-corrected chi connectivity index (χ0v) is 23.1. The van der Waals surface area contributed by atoms with E-state index in [-0.39, 0.29) is 29.1 Å². The minimum absolute atomic E-state index is 0.0504. The van der Waals surface area contributed by atoms with Crippen LogP contribution in [0.3, 0.4) is 0 Å². The highest BCUT2D eigenvalue weighted by Gasteiger charge is 2.52. The Morgan fingerprint density at radius 2 is 1.49 bits per heavy atom. The maximum atomic E-state index is 11.9. The van der Waals surface area contributed by atoms with Gasteiger partial charge in [-0.25, -0.2) is 0 Å². The Kier molecular flexibility index (Phi) is 7.39. The van der Waals surface area contributed by atoms with Gasteiger partial charge in [-0.15, -0.1) is 0 Å². The van der Waals surface area contributed by atoms with Crippen molar-refractivity contribution in [3.8, 4) is 0 Å². The van der Waals surface area contributed by atoms with Crippen LogP contribution in [-0.4, -0.2) is 38.2 Å². The minimum atomic E-state index is -2.56. The van der Waals surface area contributed by atoms with E-state index >= 15 is 0 Å². The predicted molar refractivity (Wildman–Crippen MR) is 150 cm³/mol. The molecule has 1 N–H and O–H groups in total. The summed E-state index contributed by atoms with van der Waals surface area (Å²) < 4.78 is 13.1. The first kappa shape index (κ1) is 25.9. The van der Waals surface area contributed by atoms with E-state index in [1.165, 1.54) is 21.5 Å². The first-order valence-electron chi connectivity index (χ1n) is 13.5. The number of hydrogen-bond acceptors (Lipinski definition) is 3. The van der Waals surface area contributed by atoms with Crippen LogP contribution < -0.4 is 10.4 Å². The molecule has 0 spiro atoms. The smallest absolute Gasteiger partial charge is 0.309 e. The lowest BCUT2D eigenvalue weighted by molar-refractivity contribution is -0.144. The van der Waals surface area contributed by atoms with E-state index in [4.69, 9.17) is 9.16 Å². The maximum absolute atomic E-state index is 11.9. The van der Waals surface area contributed by atoms with Crippen LogP contribution in [0.2, 0.25) is 5.04 Å². The summed E-state index contributed by atoms with van der Waals surface area (Å²) in [4.78, 5) is 11.9. The molecule has 2 heterocycles. The summed E-state index contributed by atoms with van der Waals surface area (Å²) in [6.45, 7) is 7.54. The van der Waals surface area contributed by atoms with E-state index < -0.39 is 14.3 Å². The van der Waals surface area contributed by atoms with E-state index in [9.17, 15) is 9.90 Å². The molecule has 2 fully saturated rings. The molecular formula is C32H38O4Si. The monoisotopic (exact) mass is 514 g/mol. The zero-order chi connectivity index (χ0) is 26.0. The number of hydrogen-bond donors (Lipinski definition) is 1. The Labute approximate surface area is 221 Å². The molecule has 0 aliphatic carbocycles. The Morgan fingerprint density at radius 1 is 0.892 bits per heavy atom. The lowest BCUT2D eigenvalue weighted by atomic mass is 9.76. The van der Waals surface area contributed by atoms with Crippen molar-refractivity contribution in [2.24, 2.45) is 11.8 Å². The average Bonchev–Trinajstić information content (AvgIpc) is 3.49. The van der Waals surface area contributed by atoms with Crippen LogP contribution >= 0.6 is 0 Å². The lowest BCUT2D eigenvalue weighted by Crippen LogP contribution is -2.66. The van der Waals surface area contributed by atoms with Crippen LogP contribution in [0.25, 0.3) is 0 Å². The number of carboxylic acids is 1. The molecule has 2 aliphatic rings. The van der Waals surface area contributed by atoms with E-state index in [2.05, 4.69) is 106 Å². The van der Waals surface area contributed by atoms with Crippen molar-refractivity contribution in [2.45, 2.75) is 63.7 Å². The molecule has 3 aromatic carbocycles. The second-order valence-corrected chi connectivity index (χ2v) is 15.9. The molecule has 5 rings (SSSR count). The SMILES string of the molecule is CC(C)(C)[Si](OCCc1cccc(C[C@@H]2[C@H](C(=O)O)[C@H]3CC[C@@H]2O3)c1)(c1ccccc1)c1ccccc1. The molecule has 0 aromatic heterocycles. The summed E-state index contributed by atoms with van der Waals surface area (Å²) in [6.07, 6.45) is 3.38. The Morgan fingerprint density at radius 3 is 2.08 bits per heavy atom. The molecule has 2 saturated heterocycles. The molecule has 4 nitrogen and oxygen atoms in total. The number of rotatable bonds is 9. The third-order valence-electron chi connectivity index (χ3n) is 8.30. The van der Waals surface area contributed by atoms with Crippen molar-refractivity contribution in [1.29, 1.82) is 0 Å². The summed E-state index contributed by atoms with van der Waals surface area (Å²) in [5.74, 6) is -1.05. The van der Waals surface area contributed by atoms with Crippen molar-refractivity contribution in [2.75, 3.05) is 6.61 Å². The van der Waals surface area contributed by atoms with E-state index in [1.54, 1.807) is 0 Å². The van der Waals surface area contributed by atoms with Crippen molar-refractivity contribution in [3.63, 3.8) is 0 Å². The summed E-state index contributed by atoms with van der Waals surface area (Å²) in [6, 6.07) is 30.1. The molecule has 37 heavy (non-hydrogen) atoms. The van der Waals surface area contributed by atoms with Crippen molar-refractivity contribution < 1.29 is 19.1 Å². The highest BCUT2D eigenvalue weighted by Crippen LogP contribution is 2.45. The van der Waals surface area contributed by atoms with Gasteiger partial charge in [0.05, 0.1) is 18.1 Å². The maximum Gasteiger partial charge on any atom is 0.309 e. The van der Waals surface area contributed by atoms with Crippen LogP contribution in [0.5, 0.6) is 0 Å². The summed E-state index contributed by atoms with van der Waals surface area (Å²) in [5.41, 5.74) is 2.42. The van der Waals surface area contributed by atoms with Gasteiger partial charge in [0.2, 0.25) is 0 Å². The fraction of sp³-hybridized carbons (Fsp3) is 0.406. The number of carboxylic acid groups (broad SMARTS) is 1. The van der Waals surface area contributed by atoms with Crippen LogP contribution in [0.1, 0.15) is 44.7 Å². The van der Waals surface area contributed by atoms with Gasteiger partial charge in [0.15, 0.2) is 0 Å². The van der Waals surface area contributed by atoms with Crippen LogP contribution in [0.15, 0.2) is 84.9 Å². The molecule has 2 aliphatic heterocycles. The fourth-order valence-electron chi connectivity index (χ4n) is 6.64. The molecule has 0 saturated carbocycles. The minimum Gasteiger partial charge on any atom is -0.481 e. The van der Waals surface area contributed by atoms with Gasteiger partial charge in [-0.05, 0) is 52.2 Å². The van der Waals surface area contributed by atoms with Crippen molar-refractivity contribution >= 4 is 24.7 Å². The molecule has 0 radical (unpaired) electrons. The standard InChI is InChI=1S/C32H38O4Si/c1-32(2,3)37(25-13-6-4-7-14-25,26-15-8-5-9-16-26)35-20-19-23-11-10-12-24(21-23)22-27-28-17-18-29(36-28)30(27)31(33)34/h4-16,21,27-30H,17-20,22H2,1-3H3,(H,33,34)/t27-,28-,29+,30-/m0/s1. The van der Waals surface area contributed by atoms with Crippen LogP contribution in [0.4, 0.5) is 0 Å². The van der Waals surface area contributed by atoms with E-state index in [0.29, 0.717) is 6.61 Å². The third-order valence-corrected chi connectivity index (χ3v) is 13.3. The zero-order valence-electron chi connectivity index (χ0n) is 22.1. The largest absolute Gasteiger partial charge is 0.481 e. The first-order chi connectivity index (χ1) is 17.8. The van der Waals surface area contributed by atoms with Crippen molar-refractivity contribution in [3.05, 3.63) is 96.1 Å². The van der Waals surface area contributed by atoms with E-state index in [1.807, 2.05) is 0 Å². The van der Waals surface area contributed by atoms with Gasteiger partial charge in [-0.3, -0.25) is 4.79 Å². The van der Waals surface area contributed by atoms with Gasteiger partial charge in [-0.2, -0.15) is 0 Å². The number of carbonyl (C=O) groups is 1. The molecule has 5 heteroatoms. The third kappa shape index (κ3) is 5.05. The topological polar surface area (TPSA) is 55.8 Å². The van der Waals surface area contributed by atoms with Crippen molar-refractivity contribution in [1.82, 2.24) is 0 Å². The van der Waals surface area contributed by atoms with Crippen LogP contribution in [0, 0.1) is 11.8 Å². The average molecular weight is 515 g/mol. The van der Waals surface area contributed by atoms with Gasteiger partial charge in [0.1, 0.15) is 0 Å². The van der Waals surface area contributed by atoms with Gasteiger partial charge < -0.3 is 14.3 Å². The first-order valence-corrected chi connectivity index (χ1v) is 15.4. The summed E-state index contributed by atoms with van der Waals surface area (Å²) >= 11 is 0. The molecule has 3 aromatic rings. The Bertz CT molecular complexity index is 1160. The quantitative estimate of drug-likeness (QED) is 0.398. The Hall–Kier alpha value is -2.73. The predicted octanol–water partition coefficient (Wildman–Crippen LogP) is 5.23. The lowest BCUT2D eigenvalue weighted by Gasteiger charge is -2.43. The second kappa shape index (κ2) is 10.6. The number of aliphatic carboxylic acids is 1. The number of ether oxygens (including phenoxy) is 1. The van der Waals surface area contributed by atoms with Gasteiger partial charge in [0, 0.05) is 12.5 Å². The normalized spacial score (nSPS) is 23.3. The summed E-state index contributed by atoms with van der Waals surface area (Å²) in [5, 5.41) is 12.3. The Balaban J connectivity index is 1.35. The summed E-state index contributed by atoms with van der Waals surface area (Å²) in [7, 11) is -2.56. The molecule has 4 atom stereocenters. The molecule has 194 valence electrons. The highest BCUT2D eigenvalue weighted by molar-refractivity contribution is 6.99. The number of benzene rings is 3. The number of fused-ring (bicyclic) bond motifs is 2. The fourth-order valence-corrected chi connectivity index (χ4v) is 11.2.